The lowest BCUT2D eigenvalue weighted by Gasteiger charge is -1.98. The van der Waals surface area contributed by atoms with E-state index in [1.807, 2.05) is 6.07 Å². The van der Waals surface area contributed by atoms with Crippen LogP contribution in [0.3, 0.4) is 0 Å². The van der Waals surface area contributed by atoms with Gasteiger partial charge >= 0.3 is 0 Å². The van der Waals surface area contributed by atoms with Gasteiger partial charge in [-0.25, -0.2) is 9.97 Å². The second-order valence-corrected chi connectivity index (χ2v) is 2.14. The fraction of sp³-hybridized carbons (Fsp3) is 0.167. The van der Waals surface area contributed by atoms with Gasteiger partial charge in [0.05, 0.1) is 6.20 Å². The van der Waals surface area contributed by atoms with Crippen LogP contribution >= 0.6 is 11.6 Å². The zero-order chi connectivity index (χ0) is 8.27. The molecule has 1 heterocycles. The Morgan fingerprint density at radius 2 is 2.45 bits per heavy atom. The number of nitrogens with one attached hydrogen (secondary N) is 1. The molecule has 0 saturated heterocycles. The summed E-state index contributed by atoms with van der Waals surface area (Å²) in [5, 5.41) is 11.5. The zero-order valence-electron chi connectivity index (χ0n) is 5.80. The maximum atomic E-state index is 8.52. The molecule has 5 heteroatoms. The molecule has 0 amide bonds. The van der Waals surface area contributed by atoms with Crippen molar-refractivity contribution in [2.75, 3.05) is 12.4 Å². The van der Waals surface area contributed by atoms with E-state index in [2.05, 4.69) is 15.3 Å². The molecule has 0 bridgehead atoms. The van der Waals surface area contributed by atoms with Crippen molar-refractivity contribution in [3.8, 4) is 6.07 Å². The average Bonchev–Trinajstić information content (AvgIpc) is 2.04. The Labute approximate surface area is 68.8 Å². The Bertz CT molecular complexity index is 304. The average molecular weight is 169 g/mol. The smallest absolute Gasteiger partial charge is 0.184 e. The number of rotatable bonds is 1. The molecule has 56 valence electrons. The molecule has 0 aliphatic rings. The first-order chi connectivity index (χ1) is 5.27. The van der Waals surface area contributed by atoms with Crippen LogP contribution in [-0.2, 0) is 0 Å². The van der Waals surface area contributed by atoms with E-state index in [-0.39, 0.29) is 10.8 Å². The lowest BCUT2D eigenvalue weighted by molar-refractivity contribution is 1.15. The van der Waals surface area contributed by atoms with Crippen LogP contribution in [0.5, 0.6) is 0 Å². The molecule has 0 spiro atoms. The number of halogens is 1. The Morgan fingerprint density at radius 1 is 1.73 bits per heavy atom. The maximum absolute atomic E-state index is 8.52. The van der Waals surface area contributed by atoms with Crippen LogP contribution in [0.15, 0.2) is 6.20 Å². The summed E-state index contributed by atoms with van der Waals surface area (Å²) in [7, 11) is 1.67. The summed E-state index contributed by atoms with van der Waals surface area (Å²) in [6.45, 7) is 0. The molecule has 1 aromatic rings. The molecule has 0 radical (unpaired) electrons. The SMILES string of the molecule is CNc1ncc(Cl)nc1C#N. The molecule has 11 heavy (non-hydrogen) atoms. The third-order valence-electron chi connectivity index (χ3n) is 1.09. The fourth-order valence-electron chi connectivity index (χ4n) is 0.628. The summed E-state index contributed by atoms with van der Waals surface area (Å²) in [5.41, 5.74) is 0.208. The van der Waals surface area contributed by atoms with Crippen molar-refractivity contribution in [3.05, 3.63) is 17.0 Å². The van der Waals surface area contributed by atoms with Crippen molar-refractivity contribution in [1.82, 2.24) is 9.97 Å². The predicted molar refractivity (Wildman–Crippen MR) is 41.3 cm³/mol. The third kappa shape index (κ3) is 1.57. The van der Waals surface area contributed by atoms with Gasteiger partial charge in [0.25, 0.3) is 0 Å². The Balaban J connectivity index is 3.19. The van der Waals surface area contributed by atoms with Crippen molar-refractivity contribution in [2.45, 2.75) is 0 Å². The summed E-state index contributed by atoms with van der Waals surface area (Å²) in [4.78, 5) is 7.58. The van der Waals surface area contributed by atoms with E-state index in [9.17, 15) is 0 Å². The molecular formula is C6H5ClN4. The first kappa shape index (κ1) is 7.76. The standard InChI is InChI=1S/C6H5ClN4/c1-9-6-4(2-8)11-5(7)3-10-6/h3H,1H3,(H,9,10). The molecular weight excluding hydrogens is 164 g/mol. The summed E-state index contributed by atoms with van der Waals surface area (Å²) >= 11 is 5.50. The van der Waals surface area contributed by atoms with Gasteiger partial charge in [-0.15, -0.1) is 0 Å². The minimum absolute atomic E-state index is 0.208. The van der Waals surface area contributed by atoms with Gasteiger partial charge in [-0.2, -0.15) is 5.26 Å². The van der Waals surface area contributed by atoms with Gasteiger partial charge in [-0.1, -0.05) is 11.6 Å². The van der Waals surface area contributed by atoms with Gasteiger partial charge in [0.1, 0.15) is 11.2 Å². The molecule has 0 unspecified atom stereocenters. The highest BCUT2D eigenvalue weighted by Gasteiger charge is 2.02. The molecule has 0 saturated carbocycles. The van der Waals surface area contributed by atoms with Crippen LogP contribution in [0.4, 0.5) is 5.82 Å². The van der Waals surface area contributed by atoms with E-state index < -0.39 is 0 Å². The quantitative estimate of drug-likeness (QED) is 0.681. The van der Waals surface area contributed by atoms with Crippen LogP contribution < -0.4 is 5.32 Å². The fourth-order valence-corrected chi connectivity index (χ4v) is 0.762. The number of anilines is 1. The molecule has 1 N–H and O–H groups in total. The molecule has 0 aliphatic carbocycles. The molecule has 0 fully saturated rings. The van der Waals surface area contributed by atoms with Gasteiger partial charge < -0.3 is 5.32 Å². The van der Waals surface area contributed by atoms with E-state index in [1.54, 1.807) is 7.05 Å². The highest BCUT2D eigenvalue weighted by atomic mass is 35.5. The van der Waals surface area contributed by atoms with E-state index >= 15 is 0 Å². The van der Waals surface area contributed by atoms with E-state index in [1.165, 1.54) is 6.20 Å². The lowest BCUT2D eigenvalue weighted by Crippen LogP contribution is -1.98. The second kappa shape index (κ2) is 3.17. The summed E-state index contributed by atoms with van der Waals surface area (Å²) in [5.74, 6) is 0.442. The van der Waals surface area contributed by atoms with E-state index in [0.29, 0.717) is 5.82 Å². The summed E-state index contributed by atoms with van der Waals surface area (Å²) in [6.07, 6.45) is 1.38. The molecule has 0 aliphatic heterocycles. The van der Waals surface area contributed by atoms with Crippen molar-refractivity contribution in [1.29, 1.82) is 5.26 Å². The summed E-state index contributed by atoms with van der Waals surface area (Å²) in [6, 6.07) is 1.87. The predicted octanol–water partition coefficient (Wildman–Crippen LogP) is 1.04. The van der Waals surface area contributed by atoms with Gasteiger partial charge in [0, 0.05) is 7.05 Å². The minimum atomic E-state index is 0.208. The van der Waals surface area contributed by atoms with Crippen LogP contribution in [0.2, 0.25) is 5.15 Å². The van der Waals surface area contributed by atoms with Gasteiger partial charge in [0.2, 0.25) is 0 Å². The van der Waals surface area contributed by atoms with Crippen molar-refractivity contribution in [3.63, 3.8) is 0 Å². The number of hydrogen-bond acceptors (Lipinski definition) is 4. The molecule has 0 atom stereocenters. The largest absolute Gasteiger partial charge is 0.371 e. The number of hydrogen-bond donors (Lipinski definition) is 1. The van der Waals surface area contributed by atoms with Crippen LogP contribution in [-0.4, -0.2) is 17.0 Å². The van der Waals surface area contributed by atoms with E-state index in [4.69, 9.17) is 16.9 Å². The highest BCUT2D eigenvalue weighted by Crippen LogP contribution is 2.10. The van der Waals surface area contributed by atoms with Crippen molar-refractivity contribution >= 4 is 17.4 Å². The van der Waals surface area contributed by atoms with Crippen LogP contribution in [0.25, 0.3) is 0 Å². The molecule has 4 nitrogen and oxygen atoms in total. The van der Waals surface area contributed by atoms with Crippen LogP contribution in [0, 0.1) is 11.3 Å². The first-order valence-corrected chi connectivity index (χ1v) is 3.26. The van der Waals surface area contributed by atoms with Gasteiger partial charge in [-0.05, 0) is 0 Å². The zero-order valence-corrected chi connectivity index (χ0v) is 6.55. The number of nitrogens with zero attached hydrogens (tertiary/aromatic N) is 3. The molecule has 1 aromatic heterocycles. The van der Waals surface area contributed by atoms with Gasteiger partial charge in [-0.3, -0.25) is 0 Å². The van der Waals surface area contributed by atoms with Crippen molar-refractivity contribution < 1.29 is 0 Å². The first-order valence-electron chi connectivity index (χ1n) is 2.88. The van der Waals surface area contributed by atoms with Crippen LogP contribution in [0.1, 0.15) is 5.69 Å². The normalized spacial score (nSPS) is 8.82. The van der Waals surface area contributed by atoms with E-state index in [0.717, 1.165) is 0 Å². The minimum Gasteiger partial charge on any atom is -0.371 e. The highest BCUT2D eigenvalue weighted by molar-refractivity contribution is 6.29. The molecule has 0 aromatic carbocycles. The maximum Gasteiger partial charge on any atom is 0.184 e. The second-order valence-electron chi connectivity index (χ2n) is 1.75. The number of aromatic nitrogens is 2. The lowest BCUT2D eigenvalue weighted by atomic mass is 10.4. The Morgan fingerprint density at radius 3 is 3.00 bits per heavy atom. The third-order valence-corrected chi connectivity index (χ3v) is 1.27. The monoisotopic (exact) mass is 168 g/mol. The van der Waals surface area contributed by atoms with Gasteiger partial charge in [0.15, 0.2) is 11.5 Å². The Hall–Kier alpha value is -1.34. The van der Waals surface area contributed by atoms with Crippen molar-refractivity contribution in [2.24, 2.45) is 0 Å². The molecule has 1 rings (SSSR count). The number of nitriles is 1. The topological polar surface area (TPSA) is 61.6 Å². The summed E-state index contributed by atoms with van der Waals surface area (Å²) < 4.78 is 0. The Kier molecular flexibility index (Phi) is 2.24.